The number of sulfonamides is 1. The van der Waals surface area contributed by atoms with Crippen LogP contribution in [0.4, 0.5) is 0 Å². The van der Waals surface area contributed by atoms with Crippen LogP contribution in [-0.4, -0.2) is 64.1 Å². The number of benzene rings is 1. The fourth-order valence-electron chi connectivity index (χ4n) is 4.81. The van der Waals surface area contributed by atoms with Crippen molar-refractivity contribution in [1.29, 1.82) is 0 Å². The molecule has 0 bridgehead atoms. The Hall–Kier alpha value is -0.660. The molecule has 3 rings (SSSR count). The molecule has 2 aliphatic rings. The average Bonchev–Trinajstić information content (AvgIpc) is 2.65. The zero-order valence-corrected chi connectivity index (χ0v) is 18.9. The third kappa shape index (κ3) is 4.73. The van der Waals surface area contributed by atoms with E-state index in [0.717, 1.165) is 69.5 Å². The molecule has 1 aromatic carbocycles. The number of methoxy groups -OCH3 is 1. The number of ether oxygens (including phenoxy) is 1. The molecular formula is C21H33ClN2O3S. The Bertz CT molecular complexity index is 795. The standard InChI is InChI=1S/C21H33ClN2O3S/c1-17-14-20(18(2)13-19(17)22)28(25,26)24-11-5-8-21(16-24)7-4-9-23(15-21)10-6-12-27-3/h13-14H,4-12,15-16H2,1-3H3. The van der Waals surface area contributed by atoms with E-state index >= 15 is 0 Å². The van der Waals surface area contributed by atoms with E-state index in [0.29, 0.717) is 23.0 Å². The molecule has 1 atom stereocenters. The van der Waals surface area contributed by atoms with Crippen LogP contribution in [0.1, 0.15) is 43.2 Å². The molecule has 1 spiro atoms. The molecule has 0 aromatic heterocycles. The van der Waals surface area contributed by atoms with E-state index in [9.17, 15) is 8.42 Å². The van der Waals surface area contributed by atoms with Crippen molar-refractivity contribution in [3.63, 3.8) is 0 Å². The summed E-state index contributed by atoms with van der Waals surface area (Å²) in [6, 6.07) is 3.49. The van der Waals surface area contributed by atoms with Gasteiger partial charge in [0.05, 0.1) is 4.90 Å². The predicted molar refractivity (Wildman–Crippen MR) is 114 cm³/mol. The summed E-state index contributed by atoms with van der Waals surface area (Å²) in [5.74, 6) is 0. The Kier molecular flexibility index (Phi) is 7.09. The number of likely N-dealkylation sites (tertiary alicyclic amines) is 1. The van der Waals surface area contributed by atoms with E-state index in [1.165, 1.54) is 0 Å². The zero-order chi connectivity index (χ0) is 20.4. The molecule has 158 valence electrons. The molecule has 0 radical (unpaired) electrons. The number of aryl methyl sites for hydroxylation is 2. The number of hydrogen-bond donors (Lipinski definition) is 0. The van der Waals surface area contributed by atoms with Crippen LogP contribution in [0.5, 0.6) is 0 Å². The Morgan fingerprint density at radius 1 is 1.11 bits per heavy atom. The van der Waals surface area contributed by atoms with Crippen LogP contribution in [0.25, 0.3) is 0 Å². The first-order valence-electron chi connectivity index (χ1n) is 10.3. The Morgan fingerprint density at radius 3 is 2.54 bits per heavy atom. The predicted octanol–water partition coefficient (Wildman–Crippen LogP) is 3.86. The van der Waals surface area contributed by atoms with Gasteiger partial charge in [-0.15, -0.1) is 0 Å². The van der Waals surface area contributed by atoms with Gasteiger partial charge in [0.25, 0.3) is 0 Å². The van der Waals surface area contributed by atoms with E-state index in [1.807, 2.05) is 13.8 Å². The quantitative estimate of drug-likeness (QED) is 0.645. The van der Waals surface area contributed by atoms with Crippen LogP contribution in [0.3, 0.4) is 0 Å². The second-order valence-electron chi connectivity index (χ2n) is 8.54. The van der Waals surface area contributed by atoms with Gasteiger partial charge < -0.3 is 9.64 Å². The number of hydrogen-bond acceptors (Lipinski definition) is 4. The van der Waals surface area contributed by atoms with Gasteiger partial charge in [-0.25, -0.2) is 8.42 Å². The van der Waals surface area contributed by atoms with Gasteiger partial charge in [-0.3, -0.25) is 0 Å². The average molecular weight is 429 g/mol. The van der Waals surface area contributed by atoms with Crippen LogP contribution in [0.15, 0.2) is 17.0 Å². The Balaban J connectivity index is 1.78. The number of nitrogens with zero attached hydrogens (tertiary/aromatic N) is 2. The summed E-state index contributed by atoms with van der Waals surface area (Å²) < 4.78 is 33.8. The van der Waals surface area contributed by atoms with Gasteiger partial charge in [0, 0.05) is 44.9 Å². The molecule has 0 saturated carbocycles. The Morgan fingerprint density at radius 2 is 1.82 bits per heavy atom. The lowest BCUT2D eigenvalue weighted by Gasteiger charge is -2.48. The van der Waals surface area contributed by atoms with Gasteiger partial charge in [0.15, 0.2) is 0 Å². The lowest BCUT2D eigenvalue weighted by molar-refractivity contribution is 0.0360. The largest absolute Gasteiger partial charge is 0.385 e. The van der Waals surface area contributed by atoms with Crippen molar-refractivity contribution in [1.82, 2.24) is 9.21 Å². The fraction of sp³-hybridized carbons (Fsp3) is 0.714. The maximum absolute atomic E-state index is 13.4. The molecule has 2 fully saturated rings. The van der Waals surface area contributed by atoms with Gasteiger partial charge >= 0.3 is 0 Å². The first-order chi connectivity index (χ1) is 13.3. The normalized spacial score (nSPS) is 24.7. The van der Waals surface area contributed by atoms with E-state index in [1.54, 1.807) is 23.5 Å². The molecule has 2 saturated heterocycles. The van der Waals surface area contributed by atoms with E-state index in [4.69, 9.17) is 16.3 Å². The molecule has 1 aromatic rings. The van der Waals surface area contributed by atoms with Crippen molar-refractivity contribution in [2.24, 2.45) is 5.41 Å². The minimum absolute atomic E-state index is 0.0754. The van der Waals surface area contributed by atoms with Gasteiger partial charge in [-0.1, -0.05) is 11.6 Å². The zero-order valence-electron chi connectivity index (χ0n) is 17.3. The van der Waals surface area contributed by atoms with Gasteiger partial charge in [-0.05, 0) is 81.2 Å². The lowest BCUT2D eigenvalue weighted by atomic mass is 9.74. The summed E-state index contributed by atoms with van der Waals surface area (Å²) in [5.41, 5.74) is 1.60. The lowest BCUT2D eigenvalue weighted by Crippen LogP contribution is -2.53. The molecule has 7 heteroatoms. The first-order valence-corrected chi connectivity index (χ1v) is 12.1. The van der Waals surface area contributed by atoms with Crippen LogP contribution < -0.4 is 0 Å². The topological polar surface area (TPSA) is 49.9 Å². The van der Waals surface area contributed by atoms with Crippen molar-refractivity contribution < 1.29 is 13.2 Å². The maximum atomic E-state index is 13.4. The SMILES string of the molecule is COCCCN1CCCC2(CCCN(S(=O)(=O)c3cc(C)c(Cl)cc3C)C2)C1. The molecule has 0 amide bonds. The monoisotopic (exact) mass is 428 g/mol. The van der Waals surface area contributed by atoms with Crippen molar-refractivity contribution in [3.05, 3.63) is 28.3 Å². The third-order valence-electron chi connectivity index (χ3n) is 6.26. The summed E-state index contributed by atoms with van der Waals surface area (Å²) in [6.07, 6.45) is 5.31. The highest BCUT2D eigenvalue weighted by Gasteiger charge is 2.42. The number of halogens is 1. The second kappa shape index (κ2) is 9.00. The molecular weight excluding hydrogens is 396 g/mol. The number of piperidine rings is 2. The summed E-state index contributed by atoms with van der Waals surface area (Å²) in [4.78, 5) is 2.90. The van der Waals surface area contributed by atoms with Gasteiger partial charge in [0.1, 0.15) is 0 Å². The van der Waals surface area contributed by atoms with Crippen LogP contribution in [-0.2, 0) is 14.8 Å². The van der Waals surface area contributed by atoms with Crippen LogP contribution >= 0.6 is 11.6 Å². The second-order valence-corrected chi connectivity index (χ2v) is 10.8. The molecule has 1 unspecified atom stereocenters. The molecule has 2 aliphatic heterocycles. The first kappa shape index (κ1) is 22.0. The van der Waals surface area contributed by atoms with Gasteiger partial charge in [0.2, 0.25) is 10.0 Å². The maximum Gasteiger partial charge on any atom is 0.243 e. The highest BCUT2D eigenvalue weighted by atomic mass is 35.5. The molecule has 0 N–H and O–H groups in total. The molecule has 0 aliphatic carbocycles. The molecule has 28 heavy (non-hydrogen) atoms. The molecule has 5 nitrogen and oxygen atoms in total. The van der Waals surface area contributed by atoms with Crippen molar-refractivity contribution in [2.75, 3.05) is 46.4 Å². The fourth-order valence-corrected chi connectivity index (χ4v) is 6.91. The summed E-state index contributed by atoms with van der Waals surface area (Å²) in [7, 11) is -1.77. The van der Waals surface area contributed by atoms with Crippen LogP contribution in [0, 0.1) is 19.3 Å². The minimum Gasteiger partial charge on any atom is -0.385 e. The van der Waals surface area contributed by atoms with E-state index in [-0.39, 0.29) is 5.41 Å². The smallest absolute Gasteiger partial charge is 0.243 e. The third-order valence-corrected chi connectivity index (χ3v) is 8.66. The number of rotatable bonds is 6. The van der Waals surface area contributed by atoms with Crippen LogP contribution in [0.2, 0.25) is 5.02 Å². The summed E-state index contributed by atoms with van der Waals surface area (Å²) in [6.45, 7) is 8.81. The summed E-state index contributed by atoms with van der Waals surface area (Å²) >= 11 is 6.18. The molecule has 2 heterocycles. The highest BCUT2D eigenvalue weighted by molar-refractivity contribution is 7.89. The van der Waals surface area contributed by atoms with E-state index < -0.39 is 10.0 Å². The van der Waals surface area contributed by atoms with Gasteiger partial charge in [-0.2, -0.15) is 4.31 Å². The van der Waals surface area contributed by atoms with Crippen molar-refractivity contribution >= 4 is 21.6 Å². The summed E-state index contributed by atoms with van der Waals surface area (Å²) in [5, 5.41) is 0.616. The van der Waals surface area contributed by atoms with Crippen molar-refractivity contribution in [2.45, 2.75) is 50.8 Å². The minimum atomic E-state index is -3.51. The van der Waals surface area contributed by atoms with Crippen molar-refractivity contribution in [3.8, 4) is 0 Å². The van der Waals surface area contributed by atoms with E-state index in [2.05, 4.69) is 4.90 Å². The Labute approximate surface area is 175 Å². The highest BCUT2D eigenvalue weighted by Crippen LogP contribution is 2.40.